The SMILES string of the molecule is CC(C)Cn1nc2c3c(cccc31)C(=O)N(C1CN3CCC1CC3)C2. The number of hydrogen-bond donors (Lipinski definition) is 0. The number of fused-ring (bicyclic) bond motifs is 3. The van der Waals surface area contributed by atoms with E-state index in [1.807, 2.05) is 12.1 Å². The Morgan fingerprint density at radius 2 is 2.04 bits per heavy atom. The van der Waals surface area contributed by atoms with E-state index < -0.39 is 0 Å². The number of hydrogen-bond acceptors (Lipinski definition) is 3. The largest absolute Gasteiger partial charge is 0.328 e. The summed E-state index contributed by atoms with van der Waals surface area (Å²) in [5.74, 6) is 1.41. The van der Waals surface area contributed by atoms with Crippen molar-refractivity contribution < 1.29 is 4.79 Å². The lowest BCUT2D eigenvalue weighted by Gasteiger charge is -2.49. The summed E-state index contributed by atoms with van der Waals surface area (Å²) < 4.78 is 2.10. The first kappa shape index (κ1) is 15.4. The summed E-state index contributed by atoms with van der Waals surface area (Å²) in [6.45, 7) is 9.43. The highest BCUT2D eigenvalue weighted by Gasteiger charge is 2.42. The molecule has 2 aromatic rings. The van der Waals surface area contributed by atoms with Gasteiger partial charge in [-0.05, 0) is 49.9 Å². The minimum absolute atomic E-state index is 0.209. The number of carbonyl (C=O) groups is 1. The third-order valence-electron chi connectivity index (χ3n) is 6.22. The molecular formula is C20H26N4O. The Balaban J connectivity index is 1.55. The normalized spacial score (nSPS) is 28.4. The van der Waals surface area contributed by atoms with E-state index in [2.05, 4.69) is 34.4 Å². The van der Waals surface area contributed by atoms with Gasteiger partial charge < -0.3 is 9.80 Å². The van der Waals surface area contributed by atoms with Crippen LogP contribution in [0.3, 0.4) is 0 Å². The maximum atomic E-state index is 13.3. The molecule has 132 valence electrons. The molecule has 2 bridgehead atoms. The molecule has 0 aliphatic carbocycles. The van der Waals surface area contributed by atoms with Gasteiger partial charge in [-0.3, -0.25) is 9.48 Å². The Hall–Kier alpha value is -1.88. The van der Waals surface area contributed by atoms with E-state index in [9.17, 15) is 4.79 Å². The van der Waals surface area contributed by atoms with Gasteiger partial charge in [-0.15, -0.1) is 0 Å². The van der Waals surface area contributed by atoms with E-state index in [1.165, 1.54) is 25.9 Å². The minimum atomic E-state index is 0.209. The number of piperidine rings is 3. The molecule has 1 unspecified atom stereocenters. The van der Waals surface area contributed by atoms with Crippen LogP contribution in [0, 0.1) is 11.8 Å². The van der Waals surface area contributed by atoms with Gasteiger partial charge >= 0.3 is 0 Å². The van der Waals surface area contributed by atoms with Crippen molar-refractivity contribution in [1.29, 1.82) is 0 Å². The summed E-state index contributed by atoms with van der Waals surface area (Å²) in [6, 6.07) is 6.46. The van der Waals surface area contributed by atoms with E-state index in [-0.39, 0.29) is 5.91 Å². The second-order valence-corrected chi connectivity index (χ2v) is 8.36. The number of benzene rings is 1. The van der Waals surface area contributed by atoms with Crippen LogP contribution in [0.5, 0.6) is 0 Å². The topological polar surface area (TPSA) is 41.4 Å². The lowest BCUT2D eigenvalue weighted by Crippen LogP contribution is -2.59. The molecule has 5 heterocycles. The highest BCUT2D eigenvalue weighted by atomic mass is 16.2. The van der Waals surface area contributed by atoms with Crippen LogP contribution >= 0.6 is 0 Å². The van der Waals surface area contributed by atoms with Crippen molar-refractivity contribution in [2.45, 2.75) is 45.8 Å². The van der Waals surface area contributed by atoms with Gasteiger partial charge in [0.2, 0.25) is 0 Å². The molecule has 0 spiro atoms. The Morgan fingerprint density at radius 3 is 2.72 bits per heavy atom. The lowest BCUT2D eigenvalue weighted by molar-refractivity contribution is 0.00361. The molecule has 6 rings (SSSR count). The average molecular weight is 338 g/mol. The molecule has 1 amide bonds. The molecule has 25 heavy (non-hydrogen) atoms. The maximum absolute atomic E-state index is 13.3. The zero-order chi connectivity index (χ0) is 17.1. The second kappa shape index (κ2) is 5.56. The monoisotopic (exact) mass is 338 g/mol. The van der Waals surface area contributed by atoms with Crippen LogP contribution in [-0.2, 0) is 13.1 Å². The summed E-state index contributed by atoms with van der Waals surface area (Å²) >= 11 is 0. The highest BCUT2D eigenvalue weighted by molar-refractivity contribution is 6.09. The van der Waals surface area contributed by atoms with Crippen molar-refractivity contribution in [1.82, 2.24) is 19.6 Å². The minimum Gasteiger partial charge on any atom is -0.328 e. The van der Waals surface area contributed by atoms with Crippen LogP contribution in [0.25, 0.3) is 10.9 Å². The van der Waals surface area contributed by atoms with Gasteiger partial charge in [0.15, 0.2) is 0 Å². The zero-order valence-corrected chi connectivity index (χ0v) is 15.1. The lowest BCUT2D eigenvalue weighted by atomic mass is 9.82. The summed E-state index contributed by atoms with van der Waals surface area (Å²) in [6.07, 6.45) is 2.46. The molecule has 3 saturated heterocycles. The summed E-state index contributed by atoms with van der Waals surface area (Å²) in [5, 5.41) is 6.00. The molecular weight excluding hydrogens is 312 g/mol. The molecule has 1 aromatic carbocycles. The van der Waals surface area contributed by atoms with E-state index in [0.29, 0.717) is 24.4 Å². The summed E-state index contributed by atoms with van der Waals surface area (Å²) in [7, 11) is 0. The fourth-order valence-electron chi connectivity index (χ4n) is 5.02. The molecule has 0 saturated carbocycles. The van der Waals surface area contributed by atoms with Crippen LogP contribution in [0.15, 0.2) is 18.2 Å². The van der Waals surface area contributed by atoms with E-state index in [0.717, 1.165) is 35.2 Å². The molecule has 5 nitrogen and oxygen atoms in total. The molecule has 0 radical (unpaired) electrons. The Labute approximate surface area is 148 Å². The fourth-order valence-corrected chi connectivity index (χ4v) is 5.02. The zero-order valence-electron chi connectivity index (χ0n) is 15.1. The van der Waals surface area contributed by atoms with Crippen molar-refractivity contribution in [3.8, 4) is 0 Å². The van der Waals surface area contributed by atoms with Gasteiger partial charge in [0, 0.05) is 24.5 Å². The third kappa shape index (κ3) is 2.32. The van der Waals surface area contributed by atoms with Gasteiger partial charge in [-0.2, -0.15) is 5.10 Å². The van der Waals surface area contributed by atoms with E-state index >= 15 is 0 Å². The number of carbonyl (C=O) groups excluding carboxylic acids is 1. The Bertz CT molecular complexity index is 832. The Morgan fingerprint density at radius 1 is 1.24 bits per heavy atom. The molecule has 0 N–H and O–H groups in total. The molecule has 1 aromatic heterocycles. The van der Waals surface area contributed by atoms with Crippen molar-refractivity contribution in [2.24, 2.45) is 11.8 Å². The van der Waals surface area contributed by atoms with Crippen LogP contribution in [0.2, 0.25) is 0 Å². The molecule has 3 fully saturated rings. The number of aromatic nitrogens is 2. The number of rotatable bonds is 3. The second-order valence-electron chi connectivity index (χ2n) is 8.36. The van der Waals surface area contributed by atoms with Gasteiger partial charge in [0.05, 0.1) is 23.3 Å². The quantitative estimate of drug-likeness (QED) is 0.864. The van der Waals surface area contributed by atoms with Crippen molar-refractivity contribution in [3.63, 3.8) is 0 Å². The van der Waals surface area contributed by atoms with E-state index in [4.69, 9.17) is 5.10 Å². The van der Waals surface area contributed by atoms with Crippen LogP contribution < -0.4 is 0 Å². The van der Waals surface area contributed by atoms with Crippen molar-refractivity contribution in [2.75, 3.05) is 19.6 Å². The number of nitrogens with zero attached hydrogens (tertiary/aromatic N) is 4. The smallest absolute Gasteiger partial charge is 0.255 e. The first-order valence-corrected chi connectivity index (χ1v) is 9.63. The van der Waals surface area contributed by atoms with Gasteiger partial charge in [0.25, 0.3) is 5.91 Å². The van der Waals surface area contributed by atoms with Crippen LogP contribution in [0.4, 0.5) is 0 Å². The van der Waals surface area contributed by atoms with Gasteiger partial charge in [-0.25, -0.2) is 0 Å². The van der Waals surface area contributed by atoms with E-state index in [1.54, 1.807) is 0 Å². The summed E-state index contributed by atoms with van der Waals surface area (Å²) in [5.41, 5.74) is 3.05. The van der Waals surface area contributed by atoms with Crippen LogP contribution in [-0.4, -0.2) is 51.2 Å². The average Bonchev–Trinajstić information content (AvgIpc) is 2.97. The standard InChI is InChI=1S/C20H26N4O/c1-13(2)10-24-17-5-3-4-15-19(17)16(21-24)11-23(20(15)25)18-12-22-8-6-14(18)7-9-22/h3-5,13-14,18H,6-12H2,1-2H3. The predicted octanol–water partition coefficient (Wildman–Crippen LogP) is 2.74. The third-order valence-corrected chi connectivity index (χ3v) is 6.22. The first-order valence-electron chi connectivity index (χ1n) is 9.63. The van der Waals surface area contributed by atoms with Crippen LogP contribution in [0.1, 0.15) is 42.7 Å². The van der Waals surface area contributed by atoms with Crippen molar-refractivity contribution >= 4 is 16.8 Å². The van der Waals surface area contributed by atoms with Gasteiger partial charge in [0.1, 0.15) is 0 Å². The number of amides is 1. The summed E-state index contributed by atoms with van der Waals surface area (Å²) in [4.78, 5) is 17.9. The predicted molar refractivity (Wildman–Crippen MR) is 97.4 cm³/mol. The maximum Gasteiger partial charge on any atom is 0.255 e. The molecule has 5 heteroatoms. The fraction of sp³-hybridized carbons (Fsp3) is 0.600. The Kier molecular flexibility index (Phi) is 3.42. The molecule has 1 atom stereocenters. The molecule has 4 aliphatic rings. The highest BCUT2D eigenvalue weighted by Crippen LogP contribution is 2.36. The van der Waals surface area contributed by atoms with Crippen molar-refractivity contribution in [3.05, 3.63) is 29.5 Å². The first-order chi connectivity index (χ1) is 12.1. The molecule has 4 aliphatic heterocycles. The van der Waals surface area contributed by atoms with Gasteiger partial charge in [-0.1, -0.05) is 19.9 Å².